The predicted molar refractivity (Wildman–Crippen MR) is 83.6 cm³/mol. The number of carbonyl (C=O) groups is 1. The van der Waals surface area contributed by atoms with Crippen LogP contribution < -0.4 is 5.73 Å². The maximum Gasteiger partial charge on any atom is 0.217 e. The second-order valence-electron chi connectivity index (χ2n) is 5.66. The highest BCUT2D eigenvalue weighted by Gasteiger charge is 2.21. The fraction of sp³-hybridized carbons (Fsp3) is 0.438. The molecule has 3 nitrogen and oxygen atoms in total. The summed E-state index contributed by atoms with van der Waals surface area (Å²) in [5.41, 5.74) is 5.32. The number of carbonyl (C=O) groups excluding carboxylic acids is 1. The van der Waals surface area contributed by atoms with E-state index in [0.717, 1.165) is 26.1 Å². The molecule has 106 valence electrons. The number of piperidine rings is 1. The highest BCUT2D eigenvalue weighted by molar-refractivity contribution is 7.19. The van der Waals surface area contributed by atoms with Gasteiger partial charge in [0.05, 0.1) is 0 Å². The average Bonchev–Trinajstić information content (AvgIpc) is 2.80. The van der Waals surface area contributed by atoms with E-state index >= 15 is 0 Å². The van der Waals surface area contributed by atoms with Crippen molar-refractivity contribution in [2.75, 3.05) is 13.1 Å². The van der Waals surface area contributed by atoms with E-state index in [1.165, 1.54) is 21.4 Å². The van der Waals surface area contributed by atoms with Gasteiger partial charge in [-0.15, -0.1) is 11.3 Å². The number of rotatable bonds is 4. The molecule has 0 bridgehead atoms. The molecule has 1 fully saturated rings. The summed E-state index contributed by atoms with van der Waals surface area (Å²) in [5, 5.41) is 1.33. The zero-order valence-electron chi connectivity index (χ0n) is 11.5. The maximum absolute atomic E-state index is 11.1. The van der Waals surface area contributed by atoms with E-state index in [2.05, 4.69) is 35.2 Å². The van der Waals surface area contributed by atoms with Crippen molar-refractivity contribution in [1.29, 1.82) is 0 Å². The van der Waals surface area contributed by atoms with E-state index in [-0.39, 0.29) is 5.91 Å². The molecule has 2 N–H and O–H groups in total. The molecule has 1 aliphatic heterocycles. The van der Waals surface area contributed by atoms with Gasteiger partial charge in [0.15, 0.2) is 0 Å². The Bertz CT molecular complexity index is 574. The molecule has 4 heteroatoms. The second-order valence-corrected chi connectivity index (χ2v) is 6.83. The summed E-state index contributed by atoms with van der Waals surface area (Å²) < 4.78 is 1.35. The lowest BCUT2D eigenvalue weighted by Crippen LogP contribution is -2.36. The number of hydrogen-bond acceptors (Lipinski definition) is 3. The molecule has 0 saturated carbocycles. The Kier molecular flexibility index (Phi) is 4.03. The lowest BCUT2D eigenvalue weighted by molar-refractivity contribution is -0.119. The molecule has 1 aliphatic rings. The van der Waals surface area contributed by atoms with Crippen LogP contribution in [0.1, 0.15) is 24.1 Å². The molecule has 20 heavy (non-hydrogen) atoms. The fourth-order valence-corrected chi connectivity index (χ4v) is 4.19. The Hall–Kier alpha value is -1.39. The van der Waals surface area contributed by atoms with Crippen LogP contribution in [0.2, 0.25) is 0 Å². The van der Waals surface area contributed by atoms with E-state index < -0.39 is 0 Å². The van der Waals surface area contributed by atoms with Crippen LogP contribution in [0.4, 0.5) is 0 Å². The number of nitrogens with zero attached hydrogens (tertiary/aromatic N) is 1. The minimum Gasteiger partial charge on any atom is -0.370 e. The first-order valence-corrected chi connectivity index (χ1v) is 8.00. The van der Waals surface area contributed by atoms with Crippen molar-refractivity contribution in [3.8, 4) is 0 Å². The van der Waals surface area contributed by atoms with Gasteiger partial charge < -0.3 is 5.73 Å². The summed E-state index contributed by atoms with van der Waals surface area (Å²) in [6, 6.07) is 10.8. The van der Waals surface area contributed by atoms with Crippen LogP contribution in [-0.2, 0) is 11.3 Å². The summed E-state index contributed by atoms with van der Waals surface area (Å²) >= 11 is 1.87. The molecule has 2 aromatic rings. The molecule has 1 amide bonds. The van der Waals surface area contributed by atoms with Crippen molar-refractivity contribution in [1.82, 2.24) is 4.90 Å². The smallest absolute Gasteiger partial charge is 0.217 e. The summed E-state index contributed by atoms with van der Waals surface area (Å²) in [5.74, 6) is 0.273. The van der Waals surface area contributed by atoms with Crippen molar-refractivity contribution >= 4 is 27.3 Å². The first kappa shape index (κ1) is 13.6. The molecule has 3 rings (SSSR count). The summed E-state index contributed by atoms with van der Waals surface area (Å²) in [4.78, 5) is 14.9. The number of hydrogen-bond donors (Lipinski definition) is 1. The van der Waals surface area contributed by atoms with Gasteiger partial charge >= 0.3 is 0 Å². The molecule has 1 atom stereocenters. The zero-order valence-corrected chi connectivity index (χ0v) is 12.4. The van der Waals surface area contributed by atoms with Crippen LogP contribution in [0.5, 0.6) is 0 Å². The molecule has 0 unspecified atom stereocenters. The zero-order chi connectivity index (χ0) is 13.9. The number of amides is 1. The first-order valence-electron chi connectivity index (χ1n) is 7.19. The van der Waals surface area contributed by atoms with Crippen molar-refractivity contribution in [3.63, 3.8) is 0 Å². The van der Waals surface area contributed by atoms with Gasteiger partial charge in [-0.1, -0.05) is 18.2 Å². The molecule has 0 radical (unpaired) electrons. The van der Waals surface area contributed by atoms with Crippen molar-refractivity contribution in [3.05, 3.63) is 35.2 Å². The largest absolute Gasteiger partial charge is 0.370 e. The number of thiophene rings is 1. The van der Waals surface area contributed by atoms with Crippen molar-refractivity contribution < 1.29 is 4.79 Å². The Labute approximate surface area is 123 Å². The number of fused-ring (bicyclic) bond motifs is 1. The van der Waals surface area contributed by atoms with Gasteiger partial charge in [-0.3, -0.25) is 9.69 Å². The number of primary amides is 1. The topological polar surface area (TPSA) is 46.3 Å². The standard InChI is InChI=1S/C16H20N2OS/c17-16(19)8-12-4-3-7-18(10-12)11-14-9-13-5-1-2-6-15(13)20-14/h1-2,5-6,9,12H,3-4,7-8,10-11H2,(H2,17,19)/t12-/m0/s1. The minimum absolute atomic E-state index is 0.168. The van der Waals surface area contributed by atoms with Gasteiger partial charge in [0.2, 0.25) is 5.91 Å². The molecule has 0 spiro atoms. The third kappa shape index (κ3) is 3.19. The van der Waals surface area contributed by atoms with Gasteiger partial charge in [0, 0.05) is 29.1 Å². The SMILES string of the molecule is NC(=O)C[C@@H]1CCCN(Cc2cc3ccccc3s2)C1. The van der Waals surface area contributed by atoms with Gasteiger partial charge in [0.1, 0.15) is 0 Å². The third-order valence-corrected chi connectivity index (χ3v) is 5.05. The molecular formula is C16H20N2OS. The predicted octanol–water partition coefficient (Wildman–Crippen LogP) is 2.99. The molecule has 2 heterocycles. The van der Waals surface area contributed by atoms with E-state index in [4.69, 9.17) is 5.73 Å². The monoisotopic (exact) mass is 288 g/mol. The average molecular weight is 288 g/mol. The van der Waals surface area contributed by atoms with Crippen LogP contribution in [0.3, 0.4) is 0 Å². The second kappa shape index (κ2) is 5.94. The van der Waals surface area contributed by atoms with Crippen LogP contribution in [0, 0.1) is 5.92 Å². The van der Waals surface area contributed by atoms with Gasteiger partial charge in [-0.25, -0.2) is 0 Å². The lowest BCUT2D eigenvalue weighted by Gasteiger charge is -2.31. The van der Waals surface area contributed by atoms with Crippen molar-refractivity contribution in [2.45, 2.75) is 25.8 Å². The van der Waals surface area contributed by atoms with Crippen LogP contribution in [-0.4, -0.2) is 23.9 Å². The Balaban J connectivity index is 1.66. The molecule has 0 aliphatic carbocycles. The normalized spacial score (nSPS) is 20.3. The number of likely N-dealkylation sites (tertiary alicyclic amines) is 1. The first-order chi connectivity index (χ1) is 9.70. The fourth-order valence-electron chi connectivity index (χ4n) is 3.08. The van der Waals surface area contributed by atoms with Crippen molar-refractivity contribution in [2.24, 2.45) is 11.7 Å². The van der Waals surface area contributed by atoms with Crippen LogP contribution in [0.25, 0.3) is 10.1 Å². The van der Waals surface area contributed by atoms with Gasteiger partial charge in [-0.05, 0) is 42.8 Å². The van der Waals surface area contributed by atoms with Crippen LogP contribution in [0.15, 0.2) is 30.3 Å². The summed E-state index contributed by atoms with van der Waals surface area (Å²) in [6.07, 6.45) is 2.83. The maximum atomic E-state index is 11.1. The highest BCUT2D eigenvalue weighted by Crippen LogP contribution is 2.28. The Morgan fingerprint density at radius 3 is 3.05 bits per heavy atom. The van der Waals surface area contributed by atoms with E-state index in [0.29, 0.717) is 12.3 Å². The van der Waals surface area contributed by atoms with E-state index in [1.54, 1.807) is 0 Å². The molecule has 1 saturated heterocycles. The molecule has 1 aromatic carbocycles. The minimum atomic E-state index is -0.168. The summed E-state index contributed by atoms with van der Waals surface area (Å²) in [6.45, 7) is 3.12. The van der Waals surface area contributed by atoms with E-state index in [1.807, 2.05) is 11.3 Å². The third-order valence-electron chi connectivity index (χ3n) is 3.95. The Morgan fingerprint density at radius 2 is 2.25 bits per heavy atom. The van der Waals surface area contributed by atoms with Gasteiger partial charge in [-0.2, -0.15) is 0 Å². The molecular weight excluding hydrogens is 268 g/mol. The Morgan fingerprint density at radius 1 is 1.40 bits per heavy atom. The quantitative estimate of drug-likeness (QED) is 0.940. The van der Waals surface area contributed by atoms with E-state index in [9.17, 15) is 4.79 Å². The summed E-state index contributed by atoms with van der Waals surface area (Å²) in [7, 11) is 0. The number of benzene rings is 1. The van der Waals surface area contributed by atoms with Gasteiger partial charge in [0.25, 0.3) is 0 Å². The number of nitrogens with two attached hydrogens (primary N) is 1. The highest BCUT2D eigenvalue weighted by atomic mass is 32.1. The lowest BCUT2D eigenvalue weighted by atomic mass is 9.94. The van der Waals surface area contributed by atoms with Crippen LogP contribution >= 0.6 is 11.3 Å². The molecule has 1 aromatic heterocycles.